The van der Waals surface area contributed by atoms with Gasteiger partial charge < -0.3 is 0 Å². The van der Waals surface area contributed by atoms with Crippen LogP contribution in [0.1, 0.15) is 31.5 Å². The van der Waals surface area contributed by atoms with E-state index in [1.165, 1.54) is 0 Å². The quantitative estimate of drug-likeness (QED) is 0.815. The fourth-order valence-electron chi connectivity index (χ4n) is 1.48. The summed E-state index contributed by atoms with van der Waals surface area (Å²) in [6, 6.07) is 1.83. The molecular weight excluding hydrogens is 231 g/mol. The molecule has 0 atom stereocenters. The van der Waals surface area contributed by atoms with Gasteiger partial charge in [-0.05, 0) is 18.1 Å². The number of hydrogen-bond acceptors (Lipinski definition) is 2. The number of carbonyl (C=O) groups excluding carboxylic acids is 1. The van der Waals surface area contributed by atoms with Crippen LogP contribution in [0.2, 0.25) is 0 Å². The van der Waals surface area contributed by atoms with E-state index in [2.05, 4.69) is 4.98 Å². The van der Waals surface area contributed by atoms with Gasteiger partial charge in [0.1, 0.15) is 5.78 Å². The topological polar surface area (TPSA) is 30.0 Å². The second-order valence-electron chi connectivity index (χ2n) is 4.35. The molecule has 0 saturated carbocycles. The summed E-state index contributed by atoms with van der Waals surface area (Å²) in [6.07, 6.45) is -2.99. The third-order valence-electron chi connectivity index (χ3n) is 2.16. The minimum Gasteiger partial charge on any atom is -0.299 e. The highest BCUT2D eigenvalue weighted by Gasteiger charge is 2.30. The van der Waals surface area contributed by atoms with E-state index in [0.717, 1.165) is 18.3 Å². The van der Waals surface area contributed by atoms with Crippen molar-refractivity contribution in [3.63, 3.8) is 0 Å². The first-order chi connectivity index (χ1) is 7.79. The zero-order valence-electron chi connectivity index (χ0n) is 9.71. The van der Waals surface area contributed by atoms with Gasteiger partial charge >= 0.3 is 6.18 Å². The van der Waals surface area contributed by atoms with Crippen LogP contribution >= 0.6 is 0 Å². The first-order valence-electron chi connectivity index (χ1n) is 5.33. The lowest BCUT2D eigenvalue weighted by molar-refractivity contribution is -0.137. The van der Waals surface area contributed by atoms with Crippen molar-refractivity contribution in [1.82, 2.24) is 4.98 Å². The third-order valence-corrected chi connectivity index (χ3v) is 2.16. The van der Waals surface area contributed by atoms with Crippen molar-refractivity contribution in [3.05, 3.63) is 29.6 Å². The van der Waals surface area contributed by atoms with Gasteiger partial charge in [0.25, 0.3) is 0 Å². The minimum absolute atomic E-state index is 0.0396. The van der Waals surface area contributed by atoms with E-state index in [0.29, 0.717) is 6.42 Å². The van der Waals surface area contributed by atoms with Crippen LogP contribution in [-0.2, 0) is 17.4 Å². The molecule has 0 amide bonds. The molecule has 1 aromatic rings. The van der Waals surface area contributed by atoms with Crippen LogP contribution in [0.25, 0.3) is 0 Å². The second-order valence-corrected chi connectivity index (χ2v) is 4.35. The molecule has 1 aromatic heterocycles. The van der Waals surface area contributed by atoms with Crippen molar-refractivity contribution in [1.29, 1.82) is 0 Å². The van der Waals surface area contributed by atoms with Crippen molar-refractivity contribution in [2.45, 2.75) is 32.9 Å². The number of halogens is 3. The summed E-state index contributed by atoms with van der Waals surface area (Å²) in [4.78, 5) is 15.2. The Labute approximate surface area is 97.9 Å². The standard InChI is InChI=1S/C12H14F3NO/c1-8(2)5-11(17)7-10-6-9(3-4-16-10)12(13,14)15/h3-4,6,8H,5,7H2,1-2H3. The number of Topliss-reactive ketones (excluding diaryl/α,β-unsaturated/α-hetero) is 1. The molecule has 0 unspecified atom stereocenters. The number of rotatable bonds is 4. The molecule has 0 bridgehead atoms. The summed E-state index contributed by atoms with van der Waals surface area (Å²) in [7, 11) is 0. The van der Waals surface area contributed by atoms with Crippen LogP contribution in [0.4, 0.5) is 13.2 Å². The van der Waals surface area contributed by atoms with Gasteiger partial charge in [0.15, 0.2) is 0 Å². The van der Waals surface area contributed by atoms with E-state index in [1.54, 1.807) is 0 Å². The molecule has 5 heteroatoms. The molecule has 0 aromatic carbocycles. The Kier molecular flexibility index (Phi) is 4.26. The average Bonchev–Trinajstić information content (AvgIpc) is 2.15. The van der Waals surface area contributed by atoms with Crippen molar-refractivity contribution in [3.8, 4) is 0 Å². The Morgan fingerprint density at radius 2 is 2.06 bits per heavy atom. The Balaban J connectivity index is 2.76. The second kappa shape index (κ2) is 5.29. The minimum atomic E-state index is -4.39. The Bertz CT molecular complexity index is 399. The van der Waals surface area contributed by atoms with Crippen molar-refractivity contribution in [2.75, 3.05) is 0 Å². The molecular formula is C12H14F3NO. The number of ketones is 1. The van der Waals surface area contributed by atoms with Gasteiger partial charge in [-0.2, -0.15) is 13.2 Å². The molecule has 0 aliphatic rings. The van der Waals surface area contributed by atoms with E-state index in [4.69, 9.17) is 0 Å². The van der Waals surface area contributed by atoms with E-state index in [9.17, 15) is 18.0 Å². The van der Waals surface area contributed by atoms with Crippen LogP contribution in [-0.4, -0.2) is 10.8 Å². The van der Waals surface area contributed by atoms with Gasteiger partial charge in [-0.1, -0.05) is 13.8 Å². The van der Waals surface area contributed by atoms with Crippen LogP contribution in [0, 0.1) is 5.92 Å². The van der Waals surface area contributed by atoms with E-state index in [1.807, 2.05) is 13.8 Å². The summed E-state index contributed by atoms with van der Waals surface area (Å²) in [5, 5.41) is 0. The fraction of sp³-hybridized carbons (Fsp3) is 0.500. The maximum atomic E-state index is 12.4. The molecule has 1 rings (SSSR count). The number of aromatic nitrogens is 1. The SMILES string of the molecule is CC(C)CC(=O)Cc1cc(C(F)(F)F)ccn1. The molecule has 1 heterocycles. The average molecular weight is 245 g/mol. The molecule has 17 heavy (non-hydrogen) atoms. The monoisotopic (exact) mass is 245 g/mol. The van der Waals surface area contributed by atoms with Gasteiger partial charge in [-0.3, -0.25) is 9.78 Å². The first kappa shape index (κ1) is 13.7. The number of nitrogens with zero attached hydrogens (tertiary/aromatic N) is 1. The Morgan fingerprint density at radius 3 is 2.59 bits per heavy atom. The highest BCUT2D eigenvalue weighted by molar-refractivity contribution is 5.80. The maximum absolute atomic E-state index is 12.4. The molecule has 0 N–H and O–H groups in total. The summed E-state index contributed by atoms with van der Waals surface area (Å²) < 4.78 is 37.2. The van der Waals surface area contributed by atoms with Gasteiger partial charge in [-0.25, -0.2) is 0 Å². The van der Waals surface area contributed by atoms with Gasteiger partial charge in [0.05, 0.1) is 5.56 Å². The van der Waals surface area contributed by atoms with E-state index >= 15 is 0 Å². The van der Waals surface area contributed by atoms with Gasteiger partial charge in [-0.15, -0.1) is 0 Å². The molecule has 0 fully saturated rings. The first-order valence-corrected chi connectivity index (χ1v) is 5.33. The van der Waals surface area contributed by atoms with Crippen molar-refractivity contribution >= 4 is 5.78 Å². The number of hydrogen-bond donors (Lipinski definition) is 0. The highest BCUT2D eigenvalue weighted by Crippen LogP contribution is 2.29. The van der Waals surface area contributed by atoms with Crippen molar-refractivity contribution in [2.24, 2.45) is 5.92 Å². The van der Waals surface area contributed by atoms with E-state index < -0.39 is 11.7 Å². The van der Waals surface area contributed by atoms with Crippen LogP contribution < -0.4 is 0 Å². The molecule has 2 nitrogen and oxygen atoms in total. The van der Waals surface area contributed by atoms with Gasteiger partial charge in [0.2, 0.25) is 0 Å². The lowest BCUT2D eigenvalue weighted by Gasteiger charge is -2.08. The summed E-state index contributed by atoms with van der Waals surface area (Å²) >= 11 is 0. The highest BCUT2D eigenvalue weighted by atomic mass is 19.4. The molecule has 94 valence electrons. The lowest BCUT2D eigenvalue weighted by atomic mass is 10.0. The Morgan fingerprint density at radius 1 is 1.41 bits per heavy atom. The number of carbonyl (C=O) groups is 1. The third kappa shape index (κ3) is 4.54. The smallest absolute Gasteiger partial charge is 0.299 e. The summed E-state index contributed by atoms with van der Waals surface area (Å²) in [6.45, 7) is 3.77. The van der Waals surface area contributed by atoms with Crippen molar-refractivity contribution < 1.29 is 18.0 Å². The zero-order valence-corrected chi connectivity index (χ0v) is 9.71. The largest absolute Gasteiger partial charge is 0.416 e. The summed E-state index contributed by atoms with van der Waals surface area (Å²) in [5.74, 6) is 0.111. The molecule has 0 aliphatic heterocycles. The predicted octanol–water partition coefficient (Wildman–Crippen LogP) is 3.26. The zero-order chi connectivity index (χ0) is 13.1. The lowest BCUT2D eigenvalue weighted by Crippen LogP contribution is -2.10. The predicted molar refractivity (Wildman–Crippen MR) is 57.4 cm³/mol. The normalized spacial score (nSPS) is 11.9. The summed E-state index contributed by atoms with van der Waals surface area (Å²) in [5.41, 5.74) is -0.592. The molecule has 0 radical (unpaired) electrons. The molecule has 0 spiro atoms. The van der Waals surface area contributed by atoms with Crippen LogP contribution in [0.15, 0.2) is 18.3 Å². The van der Waals surface area contributed by atoms with E-state index in [-0.39, 0.29) is 23.8 Å². The Hall–Kier alpha value is -1.39. The van der Waals surface area contributed by atoms with Gasteiger partial charge in [0, 0.05) is 24.7 Å². The molecule has 0 saturated heterocycles. The van der Waals surface area contributed by atoms with Crippen LogP contribution in [0.5, 0.6) is 0 Å². The number of pyridine rings is 1. The fourth-order valence-corrected chi connectivity index (χ4v) is 1.48. The molecule has 0 aliphatic carbocycles. The van der Waals surface area contributed by atoms with Crippen LogP contribution in [0.3, 0.4) is 0 Å². The maximum Gasteiger partial charge on any atom is 0.416 e. The number of alkyl halides is 3.